The Balaban J connectivity index is 2.19. The Morgan fingerprint density at radius 3 is 2.85 bits per heavy atom. The van der Waals surface area contributed by atoms with Crippen molar-refractivity contribution in [3.63, 3.8) is 0 Å². The molecule has 0 bridgehead atoms. The molecule has 1 fully saturated rings. The number of aromatic nitrogens is 1. The third-order valence-corrected chi connectivity index (χ3v) is 3.96. The fraction of sp³-hybridized carbons (Fsp3) is 0.600. The van der Waals surface area contributed by atoms with Crippen LogP contribution in [0.3, 0.4) is 0 Å². The fourth-order valence-corrected chi connectivity index (χ4v) is 2.63. The predicted molar refractivity (Wildman–Crippen MR) is 80.5 cm³/mol. The molecule has 1 aromatic rings. The molecule has 0 aromatic carbocycles. The largest absolute Gasteiger partial charge is 0.370 e. The average molecular weight is 276 g/mol. The molecule has 0 saturated carbocycles. The first-order chi connectivity index (χ1) is 9.46. The van der Waals surface area contributed by atoms with Crippen LogP contribution in [0.15, 0.2) is 18.3 Å². The zero-order valence-electron chi connectivity index (χ0n) is 12.8. The van der Waals surface area contributed by atoms with Crippen molar-refractivity contribution in [1.82, 2.24) is 14.8 Å². The second kappa shape index (κ2) is 5.79. The topological polar surface area (TPSA) is 48.5 Å². The van der Waals surface area contributed by atoms with Gasteiger partial charge in [0.05, 0.1) is 5.54 Å². The molecule has 1 aliphatic rings. The van der Waals surface area contributed by atoms with Gasteiger partial charge in [-0.25, -0.2) is 4.98 Å². The minimum atomic E-state index is -0.466. The van der Waals surface area contributed by atoms with E-state index in [1.807, 2.05) is 31.9 Å². The molecule has 5 nitrogen and oxygen atoms in total. The Labute approximate surface area is 121 Å². The Hall–Kier alpha value is -1.62. The lowest BCUT2D eigenvalue weighted by molar-refractivity contribution is -0.147. The van der Waals surface area contributed by atoms with Crippen LogP contribution >= 0.6 is 0 Å². The van der Waals surface area contributed by atoms with E-state index in [9.17, 15) is 4.79 Å². The van der Waals surface area contributed by atoms with Crippen LogP contribution in [-0.2, 0) is 11.3 Å². The van der Waals surface area contributed by atoms with E-state index < -0.39 is 5.54 Å². The van der Waals surface area contributed by atoms with Gasteiger partial charge in [0.15, 0.2) is 0 Å². The third kappa shape index (κ3) is 2.77. The van der Waals surface area contributed by atoms with E-state index >= 15 is 0 Å². The Morgan fingerprint density at radius 2 is 2.15 bits per heavy atom. The fourth-order valence-electron chi connectivity index (χ4n) is 2.63. The number of hydrogen-bond donors (Lipinski definition) is 1. The molecule has 110 valence electrons. The van der Waals surface area contributed by atoms with Gasteiger partial charge in [0.25, 0.3) is 0 Å². The molecule has 1 N–H and O–H groups in total. The lowest BCUT2D eigenvalue weighted by atomic mass is 9.97. The number of amides is 1. The zero-order chi connectivity index (χ0) is 14.8. The van der Waals surface area contributed by atoms with Crippen molar-refractivity contribution in [1.29, 1.82) is 0 Å². The number of carbonyl (C=O) groups excluding carboxylic acids is 1. The van der Waals surface area contributed by atoms with E-state index in [-0.39, 0.29) is 5.91 Å². The number of carbonyl (C=O) groups is 1. The highest BCUT2D eigenvalue weighted by molar-refractivity contribution is 5.86. The number of nitrogens with zero attached hydrogens (tertiary/aromatic N) is 3. The van der Waals surface area contributed by atoms with Crippen molar-refractivity contribution >= 4 is 11.7 Å². The molecule has 2 rings (SSSR count). The predicted octanol–water partition coefficient (Wildman–Crippen LogP) is 1.57. The molecule has 1 aromatic heterocycles. The Kier molecular flexibility index (Phi) is 4.28. The molecule has 1 aliphatic heterocycles. The van der Waals surface area contributed by atoms with Crippen molar-refractivity contribution in [3.8, 4) is 0 Å². The lowest BCUT2D eigenvalue weighted by Gasteiger charge is -2.44. The van der Waals surface area contributed by atoms with Crippen LogP contribution in [0.2, 0.25) is 0 Å². The van der Waals surface area contributed by atoms with Crippen LogP contribution in [0.1, 0.15) is 26.3 Å². The van der Waals surface area contributed by atoms with Crippen LogP contribution < -0.4 is 5.32 Å². The summed E-state index contributed by atoms with van der Waals surface area (Å²) in [4.78, 5) is 20.7. The monoisotopic (exact) mass is 276 g/mol. The molecule has 0 spiro atoms. The van der Waals surface area contributed by atoms with Gasteiger partial charge >= 0.3 is 0 Å². The molecular formula is C15H24N4O. The quantitative estimate of drug-likeness (QED) is 0.907. The van der Waals surface area contributed by atoms with Gasteiger partial charge in [0, 0.05) is 45.0 Å². The number of pyridine rings is 1. The molecule has 20 heavy (non-hydrogen) atoms. The molecule has 2 heterocycles. The maximum absolute atomic E-state index is 12.3. The second-order valence-electron chi connectivity index (χ2n) is 5.75. The summed E-state index contributed by atoms with van der Waals surface area (Å²) in [5, 5.41) is 3.28. The second-order valence-corrected chi connectivity index (χ2v) is 5.75. The van der Waals surface area contributed by atoms with Crippen LogP contribution in [0.4, 0.5) is 5.82 Å². The molecule has 0 atom stereocenters. The first-order valence-electron chi connectivity index (χ1n) is 7.15. The molecule has 5 heteroatoms. The van der Waals surface area contributed by atoms with Crippen LogP contribution in [0.25, 0.3) is 0 Å². The maximum atomic E-state index is 12.3. The van der Waals surface area contributed by atoms with E-state index in [0.29, 0.717) is 0 Å². The SMILES string of the molecule is CCNc1ncccc1CN1CCN(C)C(=O)C1(C)C. The van der Waals surface area contributed by atoms with Crippen LogP contribution in [0.5, 0.6) is 0 Å². The van der Waals surface area contributed by atoms with Gasteiger partial charge in [-0.2, -0.15) is 0 Å². The lowest BCUT2D eigenvalue weighted by Crippen LogP contribution is -2.61. The minimum absolute atomic E-state index is 0.178. The molecule has 0 aliphatic carbocycles. The summed E-state index contributed by atoms with van der Waals surface area (Å²) in [6.45, 7) is 9.29. The number of piperazine rings is 1. The normalized spacial score (nSPS) is 19.2. The average Bonchev–Trinajstić information content (AvgIpc) is 2.42. The third-order valence-electron chi connectivity index (χ3n) is 3.96. The Morgan fingerprint density at radius 1 is 1.40 bits per heavy atom. The summed E-state index contributed by atoms with van der Waals surface area (Å²) in [6.07, 6.45) is 1.79. The number of anilines is 1. The summed E-state index contributed by atoms with van der Waals surface area (Å²) in [5.74, 6) is 1.09. The first-order valence-corrected chi connectivity index (χ1v) is 7.15. The smallest absolute Gasteiger partial charge is 0.242 e. The van der Waals surface area contributed by atoms with Gasteiger partial charge in [0.2, 0.25) is 5.91 Å². The van der Waals surface area contributed by atoms with Gasteiger partial charge < -0.3 is 10.2 Å². The van der Waals surface area contributed by atoms with Crippen molar-refractivity contribution < 1.29 is 4.79 Å². The van der Waals surface area contributed by atoms with E-state index in [1.165, 1.54) is 0 Å². The number of hydrogen-bond acceptors (Lipinski definition) is 4. The van der Waals surface area contributed by atoms with Crippen molar-refractivity contribution in [2.45, 2.75) is 32.9 Å². The van der Waals surface area contributed by atoms with Gasteiger partial charge in [-0.1, -0.05) is 6.07 Å². The molecule has 1 amide bonds. The van der Waals surface area contributed by atoms with Gasteiger partial charge in [-0.3, -0.25) is 9.69 Å². The first kappa shape index (κ1) is 14.8. The van der Waals surface area contributed by atoms with Crippen molar-refractivity contribution in [3.05, 3.63) is 23.9 Å². The molecule has 1 saturated heterocycles. The van der Waals surface area contributed by atoms with Gasteiger partial charge in [0.1, 0.15) is 5.82 Å². The molecule has 0 unspecified atom stereocenters. The van der Waals surface area contributed by atoms with E-state index in [1.54, 1.807) is 6.20 Å². The van der Waals surface area contributed by atoms with Crippen molar-refractivity contribution in [2.75, 3.05) is 32.0 Å². The maximum Gasteiger partial charge on any atom is 0.242 e. The minimum Gasteiger partial charge on any atom is -0.370 e. The van der Waals surface area contributed by atoms with Gasteiger partial charge in [-0.05, 0) is 26.8 Å². The van der Waals surface area contributed by atoms with Crippen LogP contribution in [-0.4, -0.2) is 52.9 Å². The molecular weight excluding hydrogens is 252 g/mol. The van der Waals surface area contributed by atoms with Crippen LogP contribution in [0, 0.1) is 0 Å². The highest BCUT2D eigenvalue weighted by atomic mass is 16.2. The summed E-state index contributed by atoms with van der Waals surface area (Å²) < 4.78 is 0. The summed E-state index contributed by atoms with van der Waals surface area (Å²) >= 11 is 0. The summed E-state index contributed by atoms with van der Waals surface area (Å²) in [7, 11) is 1.87. The summed E-state index contributed by atoms with van der Waals surface area (Å²) in [5.41, 5.74) is 0.673. The summed E-state index contributed by atoms with van der Waals surface area (Å²) in [6, 6.07) is 4.02. The Bertz CT molecular complexity index is 487. The highest BCUT2D eigenvalue weighted by Crippen LogP contribution is 2.25. The van der Waals surface area contributed by atoms with Crippen molar-refractivity contribution in [2.24, 2.45) is 0 Å². The molecule has 0 radical (unpaired) electrons. The van der Waals surface area contributed by atoms with E-state index in [2.05, 4.69) is 28.2 Å². The van der Waals surface area contributed by atoms with E-state index in [0.717, 1.165) is 37.6 Å². The van der Waals surface area contributed by atoms with E-state index in [4.69, 9.17) is 0 Å². The highest BCUT2D eigenvalue weighted by Gasteiger charge is 2.40. The standard InChI is InChI=1S/C15H24N4O/c1-5-16-13-12(7-6-8-17-13)11-19-10-9-18(4)14(20)15(19,2)3/h6-8H,5,9-11H2,1-4H3,(H,16,17). The zero-order valence-corrected chi connectivity index (χ0v) is 12.8. The van der Waals surface area contributed by atoms with Gasteiger partial charge in [-0.15, -0.1) is 0 Å². The number of nitrogens with one attached hydrogen (secondary N) is 1. The number of likely N-dealkylation sites (N-methyl/N-ethyl adjacent to an activating group) is 1. The number of rotatable bonds is 4.